The fourth-order valence-electron chi connectivity index (χ4n) is 1.87. The van der Waals surface area contributed by atoms with E-state index >= 15 is 0 Å². The second kappa shape index (κ2) is 5.45. The zero-order chi connectivity index (χ0) is 11.4. The number of anilines is 1. The van der Waals surface area contributed by atoms with E-state index in [4.69, 9.17) is 0 Å². The van der Waals surface area contributed by atoms with Crippen LogP contribution in [0.1, 0.15) is 19.3 Å². The summed E-state index contributed by atoms with van der Waals surface area (Å²) in [6.45, 7) is 1.95. The van der Waals surface area contributed by atoms with Crippen molar-refractivity contribution in [2.75, 3.05) is 18.4 Å². The number of hydrogen-bond acceptors (Lipinski definition) is 4. The summed E-state index contributed by atoms with van der Waals surface area (Å²) in [6, 6.07) is 0.605. The third-order valence-corrected chi connectivity index (χ3v) is 3.48. The van der Waals surface area contributed by atoms with Crippen LogP contribution in [0, 0.1) is 0 Å². The molecule has 3 N–H and O–H groups in total. The largest absolute Gasteiger partial charge is 0.369 e. The van der Waals surface area contributed by atoms with Gasteiger partial charge in [-0.2, -0.15) is 0 Å². The number of aromatic nitrogens is 2. The lowest BCUT2D eigenvalue weighted by Crippen LogP contribution is -2.24. The van der Waals surface area contributed by atoms with Crippen molar-refractivity contribution in [2.24, 2.45) is 0 Å². The number of rotatable bonds is 4. The van der Waals surface area contributed by atoms with Gasteiger partial charge in [0.15, 0.2) is 0 Å². The van der Waals surface area contributed by atoms with Gasteiger partial charge in [0.2, 0.25) is 0 Å². The molecule has 0 aromatic carbocycles. The highest BCUT2D eigenvalue weighted by Gasteiger charge is 2.13. The molecule has 0 aliphatic carbocycles. The van der Waals surface area contributed by atoms with Crippen molar-refractivity contribution >= 4 is 21.7 Å². The van der Waals surface area contributed by atoms with E-state index in [-0.39, 0.29) is 5.56 Å². The SMILES string of the molecule is O=c1[nH]cnc(NCC[C@H]2CCCN2)c1Br. The Bertz CT molecular complexity index is 400. The van der Waals surface area contributed by atoms with Gasteiger partial charge in [-0.1, -0.05) is 0 Å². The van der Waals surface area contributed by atoms with Crippen LogP contribution in [-0.4, -0.2) is 29.1 Å². The van der Waals surface area contributed by atoms with Crippen molar-refractivity contribution in [3.05, 3.63) is 21.2 Å². The maximum atomic E-state index is 11.3. The molecule has 16 heavy (non-hydrogen) atoms. The number of H-pyrrole nitrogens is 1. The van der Waals surface area contributed by atoms with E-state index in [1.54, 1.807) is 0 Å². The van der Waals surface area contributed by atoms with E-state index in [1.807, 2.05) is 0 Å². The Balaban J connectivity index is 1.84. The lowest BCUT2D eigenvalue weighted by Gasteiger charge is -2.11. The van der Waals surface area contributed by atoms with E-state index in [0.717, 1.165) is 19.5 Å². The first kappa shape index (κ1) is 11.6. The quantitative estimate of drug-likeness (QED) is 0.775. The molecule has 1 aliphatic heterocycles. The minimum absolute atomic E-state index is 0.156. The minimum Gasteiger partial charge on any atom is -0.369 e. The van der Waals surface area contributed by atoms with E-state index in [2.05, 4.69) is 36.5 Å². The van der Waals surface area contributed by atoms with Crippen LogP contribution in [0.4, 0.5) is 5.82 Å². The van der Waals surface area contributed by atoms with Crippen LogP contribution in [0.2, 0.25) is 0 Å². The third kappa shape index (κ3) is 2.82. The van der Waals surface area contributed by atoms with Gasteiger partial charge in [-0.25, -0.2) is 4.98 Å². The Morgan fingerprint density at radius 2 is 2.50 bits per heavy atom. The van der Waals surface area contributed by atoms with Crippen LogP contribution < -0.4 is 16.2 Å². The Hall–Kier alpha value is -0.880. The molecule has 0 unspecified atom stereocenters. The molecule has 2 heterocycles. The smallest absolute Gasteiger partial charge is 0.267 e. The van der Waals surface area contributed by atoms with E-state index in [9.17, 15) is 4.79 Å². The molecule has 1 saturated heterocycles. The van der Waals surface area contributed by atoms with Gasteiger partial charge in [0.1, 0.15) is 10.3 Å². The Labute approximate surface area is 102 Å². The summed E-state index contributed by atoms with van der Waals surface area (Å²) in [7, 11) is 0. The molecule has 1 aromatic heterocycles. The third-order valence-electron chi connectivity index (χ3n) is 2.74. The molecule has 0 saturated carbocycles. The summed E-state index contributed by atoms with van der Waals surface area (Å²) >= 11 is 3.21. The van der Waals surface area contributed by atoms with Crippen molar-refractivity contribution in [3.8, 4) is 0 Å². The normalized spacial score (nSPS) is 19.9. The summed E-state index contributed by atoms with van der Waals surface area (Å²) in [4.78, 5) is 17.8. The van der Waals surface area contributed by atoms with Crippen LogP contribution in [0.25, 0.3) is 0 Å². The summed E-state index contributed by atoms with van der Waals surface area (Å²) in [5, 5.41) is 6.59. The molecule has 88 valence electrons. The Kier molecular flexibility index (Phi) is 3.95. The predicted octanol–water partition coefficient (Wildman–Crippen LogP) is 1.09. The number of aromatic amines is 1. The number of nitrogens with zero attached hydrogens (tertiary/aromatic N) is 1. The minimum atomic E-state index is -0.156. The molecule has 2 rings (SSSR count). The van der Waals surface area contributed by atoms with Crippen molar-refractivity contribution in [1.82, 2.24) is 15.3 Å². The van der Waals surface area contributed by atoms with Gasteiger partial charge in [0.05, 0.1) is 6.33 Å². The first-order valence-corrected chi connectivity index (χ1v) is 6.27. The lowest BCUT2D eigenvalue weighted by atomic mass is 10.1. The monoisotopic (exact) mass is 286 g/mol. The van der Waals surface area contributed by atoms with Gasteiger partial charge >= 0.3 is 0 Å². The summed E-state index contributed by atoms with van der Waals surface area (Å²) in [6.07, 6.45) is 4.97. The summed E-state index contributed by atoms with van der Waals surface area (Å²) < 4.78 is 0.467. The molecule has 5 nitrogen and oxygen atoms in total. The van der Waals surface area contributed by atoms with E-state index in [0.29, 0.717) is 16.3 Å². The van der Waals surface area contributed by atoms with Gasteiger partial charge in [-0.05, 0) is 41.7 Å². The zero-order valence-electron chi connectivity index (χ0n) is 8.92. The van der Waals surface area contributed by atoms with Crippen LogP contribution in [0.3, 0.4) is 0 Å². The average Bonchev–Trinajstić information content (AvgIpc) is 2.77. The molecule has 0 amide bonds. The molecule has 1 aromatic rings. The van der Waals surface area contributed by atoms with Crippen LogP contribution in [0.5, 0.6) is 0 Å². The Morgan fingerprint density at radius 1 is 1.62 bits per heavy atom. The first-order valence-electron chi connectivity index (χ1n) is 5.48. The fraction of sp³-hybridized carbons (Fsp3) is 0.600. The first-order chi connectivity index (χ1) is 7.77. The van der Waals surface area contributed by atoms with Crippen LogP contribution >= 0.6 is 15.9 Å². The van der Waals surface area contributed by atoms with Gasteiger partial charge in [-0.3, -0.25) is 4.79 Å². The lowest BCUT2D eigenvalue weighted by molar-refractivity contribution is 0.574. The van der Waals surface area contributed by atoms with Crippen molar-refractivity contribution in [1.29, 1.82) is 0 Å². The molecular formula is C10H15BrN4O. The van der Waals surface area contributed by atoms with Gasteiger partial charge in [0.25, 0.3) is 5.56 Å². The van der Waals surface area contributed by atoms with Crippen molar-refractivity contribution in [2.45, 2.75) is 25.3 Å². The standard InChI is InChI=1S/C10H15BrN4O/c11-8-9(14-6-15-10(8)16)13-5-3-7-2-1-4-12-7/h6-7,12H,1-5H2,(H2,13,14,15,16)/t7-/m1/s1. The van der Waals surface area contributed by atoms with Gasteiger partial charge in [0, 0.05) is 12.6 Å². The molecule has 0 spiro atoms. The maximum absolute atomic E-state index is 11.3. The zero-order valence-corrected chi connectivity index (χ0v) is 10.5. The average molecular weight is 287 g/mol. The molecule has 0 bridgehead atoms. The Morgan fingerprint density at radius 3 is 3.25 bits per heavy atom. The fourth-order valence-corrected chi connectivity index (χ4v) is 2.23. The van der Waals surface area contributed by atoms with E-state index in [1.165, 1.54) is 19.2 Å². The molecule has 1 aliphatic rings. The molecule has 0 radical (unpaired) electrons. The highest BCUT2D eigenvalue weighted by atomic mass is 79.9. The molecular weight excluding hydrogens is 272 g/mol. The maximum Gasteiger partial charge on any atom is 0.267 e. The van der Waals surface area contributed by atoms with E-state index < -0.39 is 0 Å². The second-order valence-electron chi connectivity index (χ2n) is 3.90. The van der Waals surface area contributed by atoms with Crippen LogP contribution in [-0.2, 0) is 0 Å². The van der Waals surface area contributed by atoms with Crippen LogP contribution in [0.15, 0.2) is 15.6 Å². The molecule has 1 atom stereocenters. The van der Waals surface area contributed by atoms with Gasteiger partial charge < -0.3 is 15.6 Å². The van der Waals surface area contributed by atoms with Crippen molar-refractivity contribution < 1.29 is 0 Å². The highest BCUT2D eigenvalue weighted by molar-refractivity contribution is 9.10. The van der Waals surface area contributed by atoms with Crippen molar-refractivity contribution in [3.63, 3.8) is 0 Å². The summed E-state index contributed by atoms with van der Waals surface area (Å²) in [5.41, 5.74) is -0.156. The highest BCUT2D eigenvalue weighted by Crippen LogP contribution is 2.14. The van der Waals surface area contributed by atoms with Gasteiger partial charge in [-0.15, -0.1) is 0 Å². The molecule has 6 heteroatoms. The topological polar surface area (TPSA) is 69.8 Å². The number of halogens is 1. The number of hydrogen-bond donors (Lipinski definition) is 3. The number of nitrogens with one attached hydrogen (secondary N) is 3. The summed E-state index contributed by atoms with van der Waals surface area (Å²) in [5.74, 6) is 0.613. The molecule has 1 fully saturated rings. The second-order valence-corrected chi connectivity index (χ2v) is 4.70. The predicted molar refractivity (Wildman–Crippen MR) is 66.7 cm³/mol.